The molecule has 0 aliphatic heterocycles. The molecule has 0 unspecified atom stereocenters. The Labute approximate surface area is 166 Å². The fourth-order valence-electron chi connectivity index (χ4n) is 3.52. The van der Waals surface area contributed by atoms with Crippen LogP contribution in [0.3, 0.4) is 0 Å². The Hall–Kier alpha value is -2.44. The molecule has 2 atom stereocenters. The van der Waals surface area contributed by atoms with Gasteiger partial charge in [0.25, 0.3) is 5.91 Å². The van der Waals surface area contributed by atoms with Crippen molar-refractivity contribution in [2.75, 3.05) is 27.9 Å². The molecule has 1 aromatic carbocycles. The highest BCUT2D eigenvalue weighted by molar-refractivity contribution is 5.80. The quantitative estimate of drug-likeness (QED) is 0.650. The maximum absolute atomic E-state index is 12.0. The average Bonchev–Trinajstić information content (AvgIpc) is 2.71. The van der Waals surface area contributed by atoms with E-state index in [0.717, 1.165) is 24.8 Å². The first kappa shape index (κ1) is 21.9. The average molecular weight is 393 g/mol. The molecule has 0 aromatic heterocycles. The molecule has 1 fully saturated rings. The monoisotopic (exact) mass is 393 g/mol. The molecule has 1 aromatic rings. The van der Waals surface area contributed by atoms with Crippen LogP contribution in [0.25, 0.3) is 0 Å². The number of aryl methyl sites for hydroxylation is 1. The first-order chi connectivity index (χ1) is 13.5. The Morgan fingerprint density at radius 3 is 2.25 bits per heavy atom. The Balaban J connectivity index is 1.81. The summed E-state index contributed by atoms with van der Waals surface area (Å²) in [6.45, 7) is 1.91. The lowest BCUT2D eigenvalue weighted by Crippen LogP contribution is -2.42. The molecule has 0 heterocycles. The maximum atomic E-state index is 12.0. The van der Waals surface area contributed by atoms with Crippen molar-refractivity contribution in [3.63, 3.8) is 0 Å². The van der Waals surface area contributed by atoms with E-state index in [4.69, 9.17) is 18.9 Å². The van der Waals surface area contributed by atoms with Gasteiger partial charge in [-0.15, -0.1) is 0 Å². The third-order valence-corrected chi connectivity index (χ3v) is 5.16. The van der Waals surface area contributed by atoms with Crippen molar-refractivity contribution in [3.05, 3.63) is 17.7 Å². The summed E-state index contributed by atoms with van der Waals surface area (Å²) >= 11 is 0. The summed E-state index contributed by atoms with van der Waals surface area (Å²) in [6, 6.07) is 3.77. The number of benzene rings is 1. The van der Waals surface area contributed by atoms with E-state index in [2.05, 4.69) is 12.2 Å². The molecular formula is C21H31NO6. The first-order valence-electron chi connectivity index (χ1n) is 9.72. The van der Waals surface area contributed by atoms with Crippen LogP contribution in [0.1, 0.15) is 44.6 Å². The number of amides is 1. The van der Waals surface area contributed by atoms with Crippen LogP contribution in [0.5, 0.6) is 17.2 Å². The van der Waals surface area contributed by atoms with Gasteiger partial charge in [-0.2, -0.15) is 0 Å². The van der Waals surface area contributed by atoms with E-state index < -0.39 is 5.97 Å². The Kier molecular flexibility index (Phi) is 8.42. The van der Waals surface area contributed by atoms with Crippen molar-refractivity contribution in [2.45, 2.75) is 51.5 Å². The lowest BCUT2D eigenvalue weighted by Gasteiger charge is -2.29. The van der Waals surface area contributed by atoms with E-state index in [1.165, 1.54) is 13.5 Å². The van der Waals surface area contributed by atoms with Gasteiger partial charge in [-0.1, -0.05) is 19.8 Å². The van der Waals surface area contributed by atoms with Crippen LogP contribution in [0.4, 0.5) is 0 Å². The van der Waals surface area contributed by atoms with Gasteiger partial charge >= 0.3 is 5.97 Å². The number of nitrogens with one attached hydrogen (secondary N) is 1. The van der Waals surface area contributed by atoms with Crippen molar-refractivity contribution in [1.82, 2.24) is 5.32 Å². The van der Waals surface area contributed by atoms with Crippen molar-refractivity contribution in [1.29, 1.82) is 0 Å². The maximum Gasteiger partial charge on any atom is 0.306 e. The molecule has 1 saturated carbocycles. The van der Waals surface area contributed by atoms with Crippen molar-refractivity contribution in [3.8, 4) is 17.2 Å². The fourth-order valence-corrected chi connectivity index (χ4v) is 3.52. The molecule has 2 rings (SSSR count). The number of hydrogen-bond acceptors (Lipinski definition) is 6. The van der Waals surface area contributed by atoms with Crippen molar-refractivity contribution < 1.29 is 28.5 Å². The van der Waals surface area contributed by atoms with Gasteiger partial charge < -0.3 is 24.3 Å². The number of esters is 1. The Morgan fingerprint density at radius 1 is 1.04 bits per heavy atom. The minimum Gasteiger partial charge on any atom is -0.493 e. The zero-order valence-electron chi connectivity index (χ0n) is 17.2. The van der Waals surface area contributed by atoms with Gasteiger partial charge in [0.15, 0.2) is 18.1 Å². The SMILES string of the molecule is COc1cc(CCC(=O)OCC(=O)N[C@H]2CCCC[C@H]2C)cc(OC)c1OC. The molecule has 1 aliphatic rings. The zero-order valence-corrected chi connectivity index (χ0v) is 17.2. The molecule has 1 N–H and O–H groups in total. The molecule has 1 aliphatic carbocycles. The van der Waals surface area contributed by atoms with Gasteiger partial charge in [0.2, 0.25) is 5.75 Å². The number of carbonyl (C=O) groups is 2. The minimum absolute atomic E-state index is 0.158. The molecular weight excluding hydrogens is 362 g/mol. The number of ether oxygens (including phenoxy) is 4. The summed E-state index contributed by atoms with van der Waals surface area (Å²) in [5.74, 6) is 1.39. The molecule has 1 amide bonds. The summed E-state index contributed by atoms with van der Waals surface area (Å²) in [5.41, 5.74) is 0.854. The highest BCUT2D eigenvalue weighted by Crippen LogP contribution is 2.38. The fraction of sp³-hybridized carbons (Fsp3) is 0.619. The molecule has 156 valence electrons. The third-order valence-electron chi connectivity index (χ3n) is 5.16. The van der Waals surface area contributed by atoms with Gasteiger partial charge in [0.1, 0.15) is 0 Å². The normalized spacial score (nSPS) is 18.9. The molecule has 0 bridgehead atoms. The lowest BCUT2D eigenvalue weighted by atomic mass is 9.86. The number of rotatable bonds is 9. The van der Waals surface area contributed by atoms with Gasteiger partial charge in [-0.05, 0) is 42.9 Å². The summed E-state index contributed by atoms with van der Waals surface area (Å²) in [7, 11) is 4.62. The third kappa shape index (κ3) is 6.04. The second kappa shape index (κ2) is 10.8. The lowest BCUT2D eigenvalue weighted by molar-refractivity contribution is -0.148. The molecule has 0 radical (unpaired) electrons. The van der Waals surface area contributed by atoms with Crippen LogP contribution in [-0.2, 0) is 20.7 Å². The second-order valence-corrected chi connectivity index (χ2v) is 7.13. The predicted molar refractivity (Wildman–Crippen MR) is 105 cm³/mol. The standard InChI is InChI=1S/C21H31NO6/c1-14-7-5-6-8-16(14)22-19(23)13-28-20(24)10-9-15-11-17(25-2)21(27-4)18(12-15)26-3/h11-12,14,16H,5-10,13H2,1-4H3,(H,22,23)/t14-,16+/m1/s1. The van der Waals surface area contributed by atoms with Gasteiger partial charge in [0.05, 0.1) is 21.3 Å². The van der Waals surface area contributed by atoms with Gasteiger partial charge in [0, 0.05) is 12.5 Å². The minimum atomic E-state index is -0.416. The van der Waals surface area contributed by atoms with Crippen molar-refractivity contribution in [2.24, 2.45) is 5.92 Å². The van der Waals surface area contributed by atoms with Gasteiger partial charge in [-0.25, -0.2) is 0 Å². The van der Waals surface area contributed by atoms with Crippen LogP contribution in [-0.4, -0.2) is 45.9 Å². The topological polar surface area (TPSA) is 83.1 Å². The summed E-state index contributed by atoms with van der Waals surface area (Å²) in [6.07, 6.45) is 5.05. The predicted octanol–water partition coefficient (Wildman–Crippen LogP) is 2.88. The number of methoxy groups -OCH3 is 3. The van der Waals surface area contributed by atoms with E-state index in [0.29, 0.717) is 29.6 Å². The van der Waals surface area contributed by atoms with Crippen LogP contribution in [0.2, 0.25) is 0 Å². The van der Waals surface area contributed by atoms with Crippen LogP contribution < -0.4 is 19.5 Å². The number of carbonyl (C=O) groups excluding carboxylic acids is 2. The highest BCUT2D eigenvalue weighted by atomic mass is 16.5. The zero-order chi connectivity index (χ0) is 20.5. The molecule has 28 heavy (non-hydrogen) atoms. The van der Waals surface area contributed by atoms with Crippen LogP contribution >= 0.6 is 0 Å². The highest BCUT2D eigenvalue weighted by Gasteiger charge is 2.23. The Bertz CT molecular complexity index is 650. The van der Waals surface area contributed by atoms with E-state index in [9.17, 15) is 9.59 Å². The molecule has 7 nitrogen and oxygen atoms in total. The summed E-state index contributed by atoms with van der Waals surface area (Å²) in [4.78, 5) is 24.1. The molecule has 7 heteroatoms. The van der Waals surface area contributed by atoms with Crippen molar-refractivity contribution >= 4 is 11.9 Å². The molecule has 0 saturated heterocycles. The van der Waals surface area contributed by atoms with Crippen LogP contribution in [0.15, 0.2) is 12.1 Å². The van der Waals surface area contributed by atoms with Crippen LogP contribution in [0, 0.1) is 5.92 Å². The van der Waals surface area contributed by atoms with E-state index in [1.807, 2.05) is 0 Å². The molecule has 0 spiro atoms. The largest absolute Gasteiger partial charge is 0.493 e. The summed E-state index contributed by atoms with van der Waals surface area (Å²) in [5, 5.41) is 2.98. The second-order valence-electron chi connectivity index (χ2n) is 7.13. The smallest absolute Gasteiger partial charge is 0.306 e. The Morgan fingerprint density at radius 2 is 1.68 bits per heavy atom. The first-order valence-corrected chi connectivity index (χ1v) is 9.72. The number of hydrogen-bond donors (Lipinski definition) is 1. The van der Waals surface area contributed by atoms with E-state index >= 15 is 0 Å². The summed E-state index contributed by atoms with van der Waals surface area (Å²) < 4.78 is 21.0. The van der Waals surface area contributed by atoms with Gasteiger partial charge in [-0.3, -0.25) is 9.59 Å². The van der Waals surface area contributed by atoms with E-state index in [-0.39, 0.29) is 25.0 Å². The van der Waals surface area contributed by atoms with E-state index in [1.54, 1.807) is 26.4 Å².